The molecular formula is C21H24N6O2. The molecule has 1 aliphatic heterocycles. The third-order valence-corrected chi connectivity index (χ3v) is 5.29. The summed E-state index contributed by atoms with van der Waals surface area (Å²) in [6.45, 7) is 9.50. The van der Waals surface area contributed by atoms with E-state index in [2.05, 4.69) is 33.6 Å². The standard InChI is InChI=1S/C21H24N6O2/c1-14(2)21-23-15(3)12-20(24-21)26-10-8-25(9-11-26)18-4-5-19(27(28)29)17-13-22-7-6-16(17)18/h4-7,12-14H,8-11H2,1-3H3. The molecule has 2 aromatic heterocycles. The molecule has 3 aromatic rings. The smallest absolute Gasteiger partial charge is 0.278 e. The van der Waals surface area contributed by atoms with Crippen LogP contribution in [0.1, 0.15) is 31.3 Å². The summed E-state index contributed by atoms with van der Waals surface area (Å²) in [6, 6.07) is 7.32. The summed E-state index contributed by atoms with van der Waals surface area (Å²) in [5, 5.41) is 12.8. The van der Waals surface area contributed by atoms with Crippen LogP contribution in [-0.2, 0) is 0 Å². The van der Waals surface area contributed by atoms with Crippen molar-refractivity contribution in [1.29, 1.82) is 0 Å². The van der Waals surface area contributed by atoms with Crippen LogP contribution in [0.25, 0.3) is 10.8 Å². The molecule has 1 aromatic carbocycles. The summed E-state index contributed by atoms with van der Waals surface area (Å²) < 4.78 is 0. The fourth-order valence-electron chi connectivity index (χ4n) is 3.77. The Morgan fingerprint density at radius 1 is 1.03 bits per heavy atom. The van der Waals surface area contributed by atoms with Gasteiger partial charge in [0.05, 0.1) is 10.3 Å². The largest absolute Gasteiger partial charge is 0.367 e. The number of non-ortho nitro benzene ring substituents is 1. The van der Waals surface area contributed by atoms with Crippen molar-refractivity contribution in [2.24, 2.45) is 0 Å². The first-order valence-corrected chi connectivity index (χ1v) is 9.80. The molecule has 0 bridgehead atoms. The van der Waals surface area contributed by atoms with Crippen LogP contribution in [0, 0.1) is 17.0 Å². The number of nitrogens with zero attached hydrogens (tertiary/aromatic N) is 6. The molecule has 8 nitrogen and oxygen atoms in total. The van der Waals surface area contributed by atoms with Crippen molar-refractivity contribution in [3.8, 4) is 0 Å². The van der Waals surface area contributed by atoms with Gasteiger partial charge in [0.2, 0.25) is 0 Å². The first kappa shape index (κ1) is 19.0. The maximum Gasteiger partial charge on any atom is 0.278 e. The van der Waals surface area contributed by atoms with Crippen LogP contribution in [-0.4, -0.2) is 46.1 Å². The Hall–Kier alpha value is -3.29. The normalized spacial score (nSPS) is 14.6. The highest BCUT2D eigenvalue weighted by Crippen LogP contribution is 2.33. The van der Waals surface area contributed by atoms with Gasteiger partial charge in [0.15, 0.2) is 0 Å². The van der Waals surface area contributed by atoms with Gasteiger partial charge in [-0.25, -0.2) is 9.97 Å². The Morgan fingerprint density at radius 2 is 1.76 bits per heavy atom. The summed E-state index contributed by atoms with van der Waals surface area (Å²) in [6.07, 6.45) is 3.26. The van der Waals surface area contributed by atoms with Crippen LogP contribution < -0.4 is 9.80 Å². The van der Waals surface area contributed by atoms with E-state index in [4.69, 9.17) is 4.98 Å². The quantitative estimate of drug-likeness (QED) is 0.494. The molecule has 0 N–H and O–H groups in total. The summed E-state index contributed by atoms with van der Waals surface area (Å²) >= 11 is 0. The van der Waals surface area contributed by atoms with Gasteiger partial charge >= 0.3 is 0 Å². The molecule has 3 heterocycles. The second-order valence-electron chi connectivity index (χ2n) is 7.64. The number of nitro benzene ring substituents is 1. The molecule has 0 radical (unpaired) electrons. The van der Waals surface area contributed by atoms with Crippen molar-refractivity contribution in [2.75, 3.05) is 36.0 Å². The molecular weight excluding hydrogens is 368 g/mol. The van der Waals surface area contributed by atoms with E-state index < -0.39 is 0 Å². The number of hydrogen-bond acceptors (Lipinski definition) is 7. The second kappa shape index (κ2) is 7.62. The number of hydrogen-bond donors (Lipinski definition) is 0. The lowest BCUT2D eigenvalue weighted by molar-refractivity contribution is -0.383. The maximum atomic E-state index is 11.4. The van der Waals surface area contributed by atoms with Crippen molar-refractivity contribution < 1.29 is 4.92 Å². The number of rotatable bonds is 4. The monoisotopic (exact) mass is 392 g/mol. The predicted octanol–water partition coefficient (Wildman–Crippen LogP) is 3.69. The molecule has 0 unspecified atom stereocenters. The van der Waals surface area contributed by atoms with Crippen LogP contribution in [0.3, 0.4) is 0 Å². The van der Waals surface area contributed by atoms with Crippen LogP contribution in [0.4, 0.5) is 17.2 Å². The van der Waals surface area contributed by atoms with Crippen LogP contribution >= 0.6 is 0 Å². The Kier molecular flexibility index (Phi) is 5.00. The number of aryl methyl sites for hydroxylation is 1. The number of nitro groups is 1. The van der Waals surface area contributed by atoms with Crippen LogP contribution in [0.5, 0.6) is 0 Å². The molecule has 1 aliphatic rings. The average Bonchev–Trinajstić information content (AvgIpc) is 2.72. The molecule has 0 aliphatic carbocycles. The topological polar surface area (TPSA) is 88.3 Å². The third kappa shape index (κ3) is 3.70. The molecule has 29 heavy (non-hydrogen) atoms. The van der Waals surface area contributed by atoms with Gasteiger partial charge in [-0.15, -0.1) is 0 Å². The zero-order valence-corrected chi connectivity index (χ0v) is 16.9. The van der Waals surface area contributed by atoms with Gasteiger partial charge in [-0.3, -0.25) is 15.1 Å². The van der Waals surface area contributed by atoms with Gasteiger partial charge in [-0.2, -0.15) is 0 Å². The Morgan fingerprint density at radius 3 is 2.45 bits per heavy atom. The summed E-state index contributed by atoms with van der Waals surface area (Å²) in [4.78, 5) is 28.9. The van der Waals surface area contributed by atoms with E-state index in [1.807, 2.05) is 25.1 Å². The lowest BCUT2D eigenvalue weighted by atomic mass is 10.1. The van der Waals surface area contributed by atoms with E-state index in [-0.39, 0.29) is 16.5 Å². The number of piperazine rings is 1. The number of benzene rings is 1. The van der Waals surface area contributed by atoms with E-state index in [9.17, 15) is 10.1 Å². The average molecular weight is 392 g/mol. The lowest BCUT2D eigenvalue weighted by Gasteiger charge is -2.37. The Labute approximate surface area is 169 Å². The zero-order valence-electron chi connectivity index (χ0n) is 16.9. The van der Waals surface area contributed by atoms with Gasteiger partial charge in [0.1, 0.15) is 11.6 Å². The first-order valence-electron chi connectivity index (χ1n) is 9.80. The highest BCUT2D eigenvalue weighted by molar-refractivity contribution is 5.99. The van der Waals surface area contributed by atoms with E-state index in [1.165, 1.54) is 0 Å². The minimum atomic E-state index is -0.352. The minimum Gasteiger partial charge on any atom is -0.367 e. The zero-order chi connectivity index (χ0) is 20.5. The fraction of sp³-hybridized carbons (Fsp3) is 0.381. The van der Waals surface area contributed by atoms with Crippen molar-refractivity contribution in [2.45, 2.75) is 26.7 Å². The lowest BCUT2D eigenvalue weighted by Crippen LogP contribution is -2.47. The maximum absolute atomic E-state index is 11.4. The van der Waals surface area contributed by atoms with E-state index in [0.717, 1.165) is 54.6 Å². The molecule has 1 fully saturated rings. The molecule has 8 heteroatoms. The number of anilines is 2. The molecule has 1 saturated heterocycles. The summed E-state index contributed by atoms with van der Waals surface area (Å²) in [5.41, 5.74) is 2.08. The fourth-order valence-corrected chi connectivity index (χ4v) is 3.77. The second-order valence-corrected chi connectivity index (χ2v) is 7.64. The molecule has 0 spiro atoms. The van der Waals surface area contributed by atoms with Gasteiger partial charge in [-0.1, -0.05) is 13.8 Å². The Balaban J connectivity index is 1.58. The van der Waals surface area contributed by atoms with Crippen molar-refractivity contribution in [1.82, 2.24) is 15.0 Å². The summed E-state index contributed by atoms with van der Waals surface area (Å²) in [5.74, 6) is 2.13. The van der Waals surface area contributed by atoms with E-state index >= 15 is 0 Å². The SMILES string of the molecule is Cc1cc(N2CCN(c3ccc([N+](=O)[O-])c4cnccc34)CC2)nc(C(C)C)n1. The predicted molar refractivity (Wildman–Crippen MR) is 114 cm³/mol. The minimum absolute atomic E-state index is 0.0909. The molecule has 4 rings (SSSR count). The number of pyridine rings is 1. The third-order valence-electron chi connectivity index (χ3n) is 5.29. The van der Waals surface area contributed by atoms with Gasteiger partial charge in [0.25, 0.3) is 5.69 Å². The van der Waals surface area contributed by atoms with Gasteiger partial charge < -0.3 is 9.80 Å². The highest BCUT2D eigenvalue weighted by Gasteiger charge is 2.23. The van der Waals surface area contributed by atoms with Crippen LogP contribution in [0.15, 0.2) is 36.7 Å². The number of aromatic nitrogens is 3. The molecule has 0 saturated carbocycles. The number of fused-ring (bicyclic) bond motifs is 1. The molecule has 0 atom stereocenters. The van der Waals surface area contributed by atoms with Crippen molar-refractivity contribution >= 4 is 28.0 Å². The molecule has 150 valence electrons. The van der Waals surface area contributed by atoms with Gasteiger partial charge in [0, 0.05) is 73.4 Å². The summed E-state index contributed by atoms with van der Waals surface area (Å²) in [7, 11) is 0. The Bertz CT molecular complexity index is 1060. The van der Waals surface area contributed by atoms with Gasteiger partial charge in [-0.05, 0) is 19.1 Å². The highest BCUT2D eigenvalue weighted by atomic mass is 16.6. The van der Waals surface area contributed by atoms with E-state index in [1.54, 1.807) is 18.5 Å². The van der Waals surface area contributed by atoms with Crippen molar-refractivity contribution in [3.05, 3.63) is 58.3 Å². The molecule has 0 amide bonds. The first-order chi connectivity index (χ1) is 13.9. The van der Waals surface area contributed by atoms with Crippen molar-refractivity contribution in [3.63, 3.8) is 0 Å². The van der Waals surface area contributed by atoms with Crippen LogP contribution in [0.2, 0.25) is 0 Å². The van der Waals surface area contributed by atoms with E-state index in [0.29, 0.717) is 5.39 Å².